The quantitative estimate of drug-likeness (QED) is 0.767. The Bertz CT molecular complexity index is 361. The van der Waals surface area contributed by atoms with E-state index in [1.54, 1.807) is 6.20 Å². The van der Waals surface area contributed by atoms with Gasteiger partial charge in [0, 0.05) is 37.9 Å². The highest BCUT2D eigenvalue weighted by Crippen LogP contribution is 2.20. The highest BCUT2D eigenvalue weighted by molar-refractivity contribution is 6.30. The predicted octanol–water partition coefficient (Wildman–Crippen LogP) is 2.66. The first kappa shape index (κ1) is 12.7. The van der Waals surface area contributed by atoms with Gasteiger partial charge in [-0.25, -0.2) is 4.98 Å². The van der Waals surface area contributed by atoms with Crippen LogP contribution in [0.3, 0.4) is 0 Å². The lowest BCUT2D eigenvalue weighted by molar-refractivity contribution is 0.128. The fourth-order valence-corrected chi connectivity index (χ4v) is 2.27. The van der Waals surface area contributed by atoms with Crippen LogP contribution in [0, 0.1) is 0 Å². The van der Waals surface area contributed by atoms with Crippen LogP contribution in [0.15, 0.2) is 18.3 Å². The third-order valence-electron chi connectivity index (χ3n) is 3.26. The lowest BCUT2D eigenvalue weighted by Gasteiger charge is -2.42. The van der Waals surface area contributed by atoms with Crippen LogP contribution in [-0.2, 0) is 0 Å². The number of rotatable bonds is 1. The maximum atomic E-state index is 5.84. The predicted molar refractivity (Wildman–Crippen MR) is 72.8 cm³/mol. The third kappa shape index (κ3) is 3.11. The maximum absolute atomic E-state index is 5.84. The van der Waals surface area contributed by atoms with Crippen LogP contribution in [0.1, 0.15) is 20.8 Å². The van der Waals surface area contributed by atoms with Crippen molar-refractivity contribution in [1.82, 2.24) is 9.88 Å². The molecule has 1 saturated heterocycles. The van der Waals surface area contributed by atoms with Gasteiger partial charge in [-0.3, -0.25) is 4.90 Å². The first-order chi connectivity index (χ1) is 7.97. The molecule has 0 unspecified atom stereocenters. The number of pyridine rings is 1. The molecule has 0 aromatic carbocycles. The van der Waals surface area contributed by atoms with Crippen molar-refractivity contribution in [3.63, 3.8) is 0 Å². The molecule has 17 heavy (non-hydrogen) atoms. The zero-order chi connectivity index (χ0) is 12.5. The van der Waals surface area contributed by atoms with Crippen LogP contribution in [-0.4, -0.2) is 41.6 Å². The van der Waals surface area contributed by atoms with Crippen molar-refractivity contribution in [3.05, 3.63) is 23.4 Å². The molecule has 0 atom stereocenters. The Balaban J connectivity index is 1.97. The number of aromatic nitrogens is 1. The molecule has 0 radical (unpaired) electrons. The van der Waals surface area contributed by atoms with Crippen molar-refractivity contribution >= 4 is 17.4 Å². The summed E-state index contributed by atoms with van der Waals surface area (Å²) < 4.78 is 0. The standard InChI is InChI=1S/C13H20ClN3/c1-13(2,3)17-8-6-16(7-9-17)12-5-4-11(14)10-15-12/h4-5,10H,6-9H2,1-3H3. The van der Waals surface area contributed by atoms with E-state index in [9.17, 15) is 0 Å². The van der Waals surface area contributed by atoms with E-state index in [-0.39, 0.29) is 5.54 Å². The molecular weight excluding hydrogens is 234 g/mol. The molecule has 4 heteroatoms. The fraction of sp³-hybridized carbons (Fsp3) is 0.615. The van der Waals surface area contributed by atoms with Crippen LogP contribution in [0.4, 0.5) is 5.82 Å². The molecule has 0 aliphatic carbocycles. The minimum Gasteiger partial charge on any atom is -0.354 e. The van der Waals surface area contributed by atoms with Gasteiger partial charge in [-0.1, -0.05) is 11.6 Å². The summed E-state index contributed by atoms with van der Waals surface area (Å²) in [6.45, 7) is 11.1. The van der Waals surface area contributed by atoms with Crippen molar-refractivity contribution in [2.45, 2.75) is 26.3 Å². The second kappa shape index (κ2) is 4.83. The van der Waals surface area contributed by atoms with Gasteiger partial charge in [-0.2, -0.15) is 0 Å². The van der Waals surface area contributed by atoms with Gasteiger partial charge in [0.25, 0.3) is 0 Å². The first-order valence-corrected chi connectivity index (χ1v) is 6.46. The van der Waals surface area contributed by atoms with Crippen molar-refractivity contribution in [2.75, 3.05) is 31.1 Å². The number of nitrogens with zero attached hydrogens (tertiary/aromatic N) is 3. The molecule has 0 N–H and O–H groups in total. The highest BCUT2D eigenvalue weighted by atomic mass is 35.5. The molecule has 3 nitrogen and oxygen atoms in total. The molecule has 1 aromatic rings. The van der Waals surface area contributed by atoms with Gasteiger partial charge in [-0.15, -0.1) is 0 Å². The number of piperazine rings is 1. The summed E-state index contributed by atoms with van der Waals surface area (Å²) in [7, 11) is 0. The van der Waals surface area contributed by atoms with Gasteiger partial charge in [0.1, 0.15) is 5.82 Å². The summed E-state index contributed by atoms with van der Waals surface area (Å²) in [5, 5.41) is 0.696. The summed E-state index contributed by atoms with van der Waals surface area (Å²) >= 11 is 5.84. The molecule has 0 saturated carbocycles. The summed E-state index contributed by atoms with van der Waals surface area (Å²) in [4.78, 5) is 9.20. The Labute approximate surface area is 108 Å². The minimum absolute atomic E-state index is 0.263. The molecule has 0 amide bonds. The normalized spacial score (nSPS) is 18.5. The molecule has 2 rings (SSSR count). The smallest absolute Gasteiger partial charge is 0.128 e. The lowest BCUT2D eigenvalue weighted by atomic mass is 10.1. The van der Waals surface area contributed by atoms with E-state index in [1.165, 1.54) is 0 Å². The van der Waals surface area contributed by atoms with E-state index < -0.39 is 0 Å². The molecule has 1 aliphatic heterocycles. The van der Waals surface area contributed by atoms with Gasteiger partial charge >= 0.3 is 0 Å². The van der Waals surface area contributed by atoms with Crippen LogP contribution in [0.2, 0.25) is 5.02 Å². The molecule has 0 bridgehead atoms. The summed E-state index contributed by atoms with van der Waals surface area (Å²) in [5.74, 6) is 1.03. The number of hydrogen-bond donors (Lipinski definition) is 0. The topological polar surface area (TPSA) is 19.4 Å². The van der Waals surface area contributed by atoms with Gasteiger partial charge in [0.15, 0.2) is 0 Å². The monoisotopic (exact) mass is 253 g/mol. The fourth-order valence-electron chi connectivity index (χ4n) is 2.16. The maximum Gasteiger partial charge on any atom is 0.128 e. The lowest BCUT2D eigenvalue weighted by Crippen LogP contribution is -2.53. The molecule has 1 aliphatic rings. The van der Waals surface area contributed by atoms with Crippen molar-refractivity contribution in [1.29, 1.82) is 0 Å². The van der Waals surface area contributed by atoms with Gasteiger partial charge in [0.05, 0.1) is 5.02 Å². The van der Waals surface area contributed by atoms with E-state index in [1.807, 2.05) is 12.1 Å². The second-order valence-corrected chi connectivity index (χ2v) is 5.92. The van der Waals surface area contributed by atoms with E-state index in [2.05, 4.69) is 35.6 Å². The molecule has 94 valence electrons. The van der Waals surface area contributed by atoms with Crippen LogP contribution >= 0.6 is 11.6 Å². The molecule has 1 aromatic heterocycles. The Morgan fingerprint density at radius 3 is 2.24 bits per heavy atom. The molecular formula is C13H20ClN3. The Kier molecular flexibility index (Phi) is 3.59. The highest BCUT2D eigenvalue weighted by Gasteiger charge is 2.26. The van der Waals surface area contributed by atoms with Crippen molar-refractivity contribution < 1.29 is 0 Å². The second-order valence-electron chi connectivity index (χ2n) is 5.48. The van der Waals surface area contributed by atoms with Crippen molar-refractivity contribution in [2.24, 2.45) is 0 Å². The molecule has 0 spiro atoms. The zero-order valence-electron chi connectivity index (χ0n) is 10.8. The first-order valence-electron chi connectivity index (χ1n) is 6.08. The van der Waals surface area contributed by atoms with E-state index >= 15 is 0 Å². The van der Waals surface area contributed by atoms with Crippen molar-refractivity contribution in [3.8, 4) is 0 Å². The Morgan fingerprint density at radius 2 is 1.76 bits per heavy atom. The largest absolute Gasteiger partial charge is 0.354 e. The van der Waals surface area contributed by atoms with Crippen LogP contribution in [0.5, 0.6) is 0 Å². The molecule has 1 fully saturated rings. The minimum atomic E-state index is 0.263. The number of hydrogen-bond acceptors (Lipinski definition) is 3. The van der Waals surface area contributed by atoms with E-state index in [0.29, 0.717) is 5.02 Å². The van der Waals surface area contributed by atoms with Gasteiger partial charge < -0.3 is 4.90 Å². The summed E-state index contributed by atoms with van der Waals surface area (Å²) in [5.41, 5.74) is 0.263. The number of halogens is 1. The van der Waals surface area contributed by atoms with Crippen LogP contribution in [0.25, 0.3) is 0 Å². The van der Waals surface area contributed by atoms with Gasteiger partial charge in [-0.05, 0) is 32.9 Å². The summed E-state index contributed by atoms with van der Waals surface area (Å²) in [6, 6.07) is 3.90. The Hall–Kier alpha value is -0.800. The average molecular weight is 254 g/mol. The Morgan fingerprint density at radius 1 is 1.12 bits per heavy atom. The average Bonchev–Trinajstić information content (AvgIpc) is 2.29. The SMILES string of the molecule is CC(C)(C)N1CCN(c2ccc(Cl)cn2)CC1. The zero-order valence-corrected chi connectivity index (χ0v) is 11.5. The van der Waals surface area contributed by atoms with E-state index in [0.717, 1.165) is 32.0 Å². The van der Waals surface area contributed by atoms with Crippen LogP contribution < -0.4 is 4.90 Å². The molecule has 2 heterocycles. The van der Waals surface area contributed by atoms with Gasteiger partial charge in [0.2, 0.25) is 0 Å². The summed E-state index contributed by atoms with van der Waals surface area (Å²) in [6.07, 6.45) is 1.72. The van der Waals surface area contributed by atoms with E-state index in [4.69, 9.17) is 11.6 Å². The number of anilines is 1. The third-order valence-corrected chi connectivity index (χ3v) is 3.49.